The summed E-state index contributed by atoms with van der Waals surface area (Å²) in [5.74, 6) is 2.80. The number of nitrogens with zero attached hydrogens (tertiary/aromatic N) is 2. The number of carbonyl (C=O) groups excluding carboxylic acids is 1. The van der Waals surface area contributed by atoms with Crippen LogP contribution in [0.15, 0.2) is 0 Å². The van der Waals surface area contributed by atoms with Crippen molar-refractivity contribution in [3.05, 3.63) is 0 Å². The number of hydrogen-bond donors (Lipinski definition) is 1. The second-order valence-electron chi connectivity index (χ2n) is 5.11. The lowest BCUT2D eigenvalue weighted by molar-refractivity contribution is -0.129. The van der Waals surface area contributed by atoms with E-state index in [-0.39, 0.29) is 6.04 Å². The molecule has 2 rings (SSSR count). The van der Waals surface area contributed by atoms with E-state index in [9.17, 15) is 4.79 Å². The van der Waals surface area contributed by atoms with Crippen LogP contribution in [0.4, 0.5) is 0 Å². The minimum absolute atomic E-state index is 0.0851. The number of rotatable bonds is 6. The summed E-state index contributed by atoms with van der Waals surface area (Å²) in [5.41, 5.74) is 0. The van der Waals surface area contributed by atoms with Crippen LogP contribution >= 0.6 is 11.8 Å². The van der Waals surface area contributed by atoms with E-state index in [1.165, 1.54) is 24.6 Å². The quantitative estimate of drug-likeness (QED) is 0.781. The zero-order valence-electron chi connectivity index (χ0n) is 11.4. The van der Waals surface area contributed by atoms with Gasteiger partial charge in [-0.15, -0.1) is 0 Å². The average Bonchev–Trinajstić information content (AvgIpc) is 2.76. The molecule has 2 saturated heterocycles. The first-order chi connectivity index (χ1) is 8.81. The van der Waals surface area contributed by atoms with Crippen molar-refractivity contribution < 1.29 is 4.79 Å². The Kier molecular flexibility index (Phi) is 5.79. The smallest absolute Gasteiger partial charge is 0.240 e. The van der Waals surface area contributed by atoms with Crippen molar-refractivity contribution in [2.24, 2.45) is 0 Å². The maximum Gasteiger partial charge on any atom is 0.240 e. The molecule has 18 heavy (non-hydrogen) atoms. The molecule has 0 spiro atoms. The van der Waals surface area contributed by atoms with Gasteiger partial charge in [0, 0.05) is 37.7 Å². The lowest BCUT2D eigenvalue weighted by atomic mass is 10.1. The van der Waals surface area contributed by atoms with E-state index in [0.29, 0.717) is 5.91 Å². The van der Waals surface area contributed by atoms with Gasteiger partial charge in [-0.3, -0.25) is 15.0 Å². The third kappa shape index (κ3) is 3.87. The average molecular weight is 271 g/mol. The predicted molar refractivity (Wildman–Crippen MR) is 76.8 cm³/mol. The highest BCUT2D eigenvalue weighted by Crippen LogP contribution is 2.12. The Labute approximate surface area is 114 Å². The summed E-state index contributed by atoms with van der Waals surface area (Å²) in [4.78, 5) is 16.6. The molecule has 0 aromatic rings. The summed E-state index contributed by atoms with van der Waals surface area (Å²) in [5, 5.41) is 3.33. The molecule has 1 atom stereocenters. The molecule has 1 amide bonds. The maximum absolute atomic E-state index is 12.1. The molecule has 2 aliphatic rings. The van der Waals surface area contributed by atoms with E-state index in [1.54, 1.807) is 0 Å². The maximum atomic E-state index is 12.1. The molecular weight excluding hydrogens is 246 g/mol. The van der Waals surface area contributed by atoms with E-state index < -0.39 is 0 Å². The van der Waals surface area contributed by atoms with Gasteiger partial charge in [-0.05, 0) is 6.42 Å². The molecule has 0 saturated carbocycles. The van der Waals surface area contributed by atoms with Gasteiger partial charge in [0.25, 0.3) is 0 Å². The van der Waals surface area contributed by atoms with Crippen molar-refractivity contribution in [3.8, 4) is 0 Å². The third-order valence-corrected chi connectivity index (χ3v) is 4.72. The SMILES string of the molecule is CCCCC1NCN(CCN2CCSCC2)C1=O. The lowest BCUT2D eigenvalue weighted by Crippen LogP contribution is -2.40. The molecule has 4 nitrogen and oxygen atoms in total. The van der Waals surface area contributed by atoms with E-state index in [2.05, 4.69) is 17.1 Å². The third-order valence-electron chi connectivity index (χ3n) is 3.77. The molecule has 2 aliphatic heterocycles. The number of unbranched alkanes of at least 4 members (excludes halogenated alkanes) is 1. The van der Waals surface area contributed by atoms with E-state index in [1.807, 2.05) is 16.7 Å². The van der Waals surface area contributed by atoms with Gasteiger partial charge in [-0.25, -0.2) is 0 Å². The summed E-state index contributed by atoms with van der Waals surface area (Å²) in [7, 11) is 0. The fraction of sp³-hybridized carbons (Fsp3) is 0.923. The lowest BCUT2D eigenvalue weighted by Gasteiger charge is -2.28. The monoisotopic (exact) mass is 271 g/mol. The zero-order valence-corrected chi connectivity index (χ0v) is 12.2. The van der Waals surface area contributed by atoms with Crippen LogP contribution in [0.5, 0.6) is 0 Å². The molecular formula is C13H25N3OS. The molecule has 0 aromatic heterocycles. The van der Waals surface area contributed by atoms with Gasteiger partial charge in [0.05, 0.1) is 12.7 Å². The molecule has 0 aromatic carbocycles. The minimum atomic E-state index is 0.0851. The minimum Gasteiger partial charge on any atom is -0.327 e. The van der Waals surface area contributed by atoms with Crippen molar-refractivity contribution in [2.75, 3.05) is 44.4 Å². The number of amides is 1. The standard InChI is InChI=1S/C13H25N3OS/c1-2-3-4-12-13(17)16(11-14-12)6-5-15-7-9-18-10-8-15/h12,14H,2-11H2,1H3. The molecule has 5 heteroatoms. The first kappa shape index (κ1) is 14.2. The van der Waals surface area contributed by atoms with E-state index >= 15 is 0 Å². The Morgan fingerprint density at radius 2 is 2.11 bits per heavy atom. The fourth-order valence-electron chi connectivity index (χ4n) is 2.52. The second kappa shape index (κ2) is 7.36. The first-order valence-corrected chi connectivity index (χ1v) is 8.29. The van der Waals surface area contributed by atoms with Crippen LogP contribution in [0.1, 0.15) is 26.2 Å². The Bertz CT molecular complexity index is 269. The van der Waals surface area contributed by atoms with Gasteiger partial charge in [0.1, 0.15) is 0 Å². The Balaban J connectivity index is 1.68. The highest BCUT2D eigenvalue weighted by Gasteiger charge is 2.30. The van der Waals surface area contributed by atoms with Crippen LogP contribution in [-0.2, 0) is 4.79 Å². The van der Waals surface area contributed by atoms with Gasteiger partial charge in [-0.2, -0.15) is 11.8 Å². The van der Waals surface area contributed by atoms with Crippen LogP contribution in [0, 0.1) is 0 Å². The summed E-state index contributed by atoms with van der Waals surface area (Å²) >= 11 is 2.03. The Hall–Kier alpha value is -0.260. The fourth-order valence-corrected chi connectivity index (χ4v) is 3.49. The van der Waals surface area contributed by atoms with E-state index in [4.69, 9.17) is 0 Å². The van der Waals surface area contributed by atoms with Crippen molar-refractivity contribution >= 4 is 17.7 Å². The van der Waals surface area contributed by atoms with Crippen LogP contribution in [0.25, 0.3) is 0 Å². The van der Waals surface area contributed by atoms with E-state index in [0.717, 1.165) is 39.0 Å². The normalized spacial score (nSPS) is 25.9. The molecule has 104 valence electrons. The Morgan fingerprint density at radius 1 is 1.33 bits per heavy atom. The molecule has 0 bridgehead atoms. The van der Waals surface area contributed by atoms with Crippen molar-refractivity contribution in [1.29, 1.82) is 0 Å². The number of nitrogens with one attached hydrogen (secondary N) is 1. The highest BCUT2D eigenvalue weighted by atomic mass is 32.2. The zero-order chi connectivity index (χ0) is 12.8. The molecule has 1 N–H and O–H groups in total. The van der Waals surface area contributed by atoms with Crippen molar-refractivity contribution in [2.45, 2.75) is 32.2 Å². The molecule has 0 radical (unpaired) electrons. The van der Waals surface area contributed by atoms with Gasteiger partial charge in [0.15, 0.2) is 0 Å². The van der Waals surface area contributed by atoms with Crippen molar-refractivity contribution in [1.82, 2.24) is 15.1 Å². The van der Waals surface area contributed by atoms with Crippen LogP contribution in [0.3, 0.4) is 0 Å². The molecule has 1 unspecified atom stereocenters. The second-order valence-corrected chi connectivity index (χ2v) is 6.34. The highest BCUT2D eigenvalue weighted by molar-refractivity contribution is 7.99. The first-order valence-electron chi connectivity index (χ1n) is 7.13. The van der Waals surface area contributed by atoms with Crippen LogP contribution < -0.4 is 5.32 Å². The van der Waals surface area contributed by atoms with Gasteiger partial charge in [-0.1, -0.05) is 19.8 Å². The summed E-state index contributed by atoms with van der Waals surface area (Å²) in [6.45, 7) is 7.20. The number of thioether (sulfide) groups is 1. The van der Waals surface area contributed by atoms with Gasteiger partial charge >= 0.3 is 0 Å². The number of carbonyl (C=O) groups is 1. The largest absolute Gasteiger partial charge is 0.327 e. The summed E-state index contributed by atoms with van der Waals surface area (Å²) in [6.07, 6.45) is 3.30. The predicted octanol–water partition coefficient (Wildman–Crippen LogP) is 0.983. The van der Waals surface area contributed by atoms with Crippen LogP contribution in [0.2, 0.25) is 0 Å². The van der Waals surface area contributed by atoms with Gasteiger partial charge in [0.2, 0.25) is 5.91 Å². The summed E-state index contributed by atoms with van der Waals surface area (Å²) in [6, 6.07) is 0.0851. The number of hydrogen-bond acceptors (Lipinski definition) is 4. The van der Waals surface area contributed by atoms with Gasteiger partial charge < -0.3 is 4.90 Å². The molecule has 2 fully saturated rings. The Morgan fingerprint density at radius 3 is 2.83 bits per heavy atom. The van der Waals surface area contributed by atoms with Crippen molar-refractivity contribution in [3.63, 3.8) is 0 Å². The summed E-state index contributed by atoms with van der Waals surface area (Å²) < 4.78 is 0. The molecule has 0 aliphatic carbocycles. The van der Waals surface area contributed by atoms with Crippen LogP contribution in [-0.4, -0.2) is 66.1 Å². The topological polar surface area (TPSA) is 35.6 Å². The molecule has 2 heterocycles.